The maximum Gasteiger partial charge on any atom is 0.278 e. The highest BCUT2D eigenvalue weighted by Crippen LogP contribution is 2.24. The third kappa shape index (κ3) is 3.22. The number of β-amino-alcohol motifs (C(OH)–C–C–N with tert-alkyl or cyclic N) is 1. The fourth-order valence-corrected chi connectivity index (χ4v) is 3.85. The smallest absolute Gasteiger partial charge is 0.278 e. The molecule has 92 valence electrons. The molecule has 4 nitrogen and oxygen atoms in total. The van der Waals surface area contributed by atoms with Gasteiger partial charge in [-0.3, -0.25) is 9.63 Å². The third-order valence-corrected chi connectivity index (χ3v) is 5.92. The van der Waals surface area contributed by atoms with Crippen molar-refractivity contribution in [1.82, 2.24) is 5.06 Å². The first kappa shape index (κ1) is 14.2. The molecular weight excluding hydrogens is 563 g/mol. The van der Waals surface area contributed by atoms with Crippen LogP contribution in [0.3, 0.4) is 0 Å². The molecule has 0 unspecified atom stereocenters. The van der Waals surface area contributed by atoms with Crippen molar-refractivity contribution < 1.29 is 14.7 Å². The Morgan fingerprint density at radius 1 is 1.41 bits per heavy atom. The number of carbonyl (C=O) groups excluding carboxylic acids is 1. The Labute approximate surface area is 139 Å². The van der Waals surface area contributed by atoms with E-state index in [2.05, 4.69) is 67.8 Å². The number of hydroxylamine groups is 2. The molecule has 1 atom stereocenters. The van der Waals surface area contributed by atoms with E-state index in [1.54, 1.807) is 0 Å². The molecule has 1 aromatic carbocycles. The molecule has 0 radical (unpaired) electrons. The van der Waals surface area contributed by atoms with Crippen LogP contribution in [0.15, 0.2) is 12.1 Å². The maximum atomic E-state index is 12.2. The molecule has 2 rings (SSSR count). The zero-order chi connectivity index (χ0) is 12.6. The van der Waals surface area contributed by atoms with Crippen LogP contribution >= 0.6 is 67.8 Å². The minimum absolute atomic E-state index is 0.184. The van der Waals surface area contributed by atoms with E-state index in [1.807, 2.05) is 12.1 Å². The highest BCUT2D eigenvalue weighted by atomic mass is 127. The first-order chi connectivity index (χ1) is 7.99. The van der Waals surface area contributed by atoms with Crippen LogP contribution in [0.4, 0.5) is 0 Å². The van der Waals surface area contributed by atoms with Crippen molar-refractivity contribution in [3.05, 3.63) is 28.4 Å². The molecule has 0 saturated carbocycles. The van der Waals surface area contributed by atoms with Crippen molar-refractivity contribution >= 4 is 73.7 Å². The Morgan fingerprint density at radius 3 is 2.71 bits per heavy atom. The predicted octanol–water partition coefficient (Wildman–Crippen LogP) is 2.25. The summed E-state index contributed by atoms with van der Waals surface area (Å²) in [5.74, 6) is -0.192. The second-order valence-electron chi connectivity index (χ2n) is 3.56. The Kier molecular flexibility index (Phi) is 4.88. The van der Waals surface area contributed by atoms with Crippen molar-refractivity contribution in [2.45, 2.75) is 6.10 Å². The second kappa shape index (κ2) is 5.84. The summed E-state index contributed by atoms with van der Waals surface area (Å²) < 4.78 is 2.97. The summed E-state index contributed by atoms with van der Waals surface area (Å²) in [6.07, 6.45) is -0.585. The molecule has 1 amide bonds. The number of benzene rings is 1. The Morgan fingerprint density at radius 2 is 2.12 bits per heavy atom. The number of halogens is 3. The van der Waals surface area contributed by atoms with Gasteiger partial charge in [-0.1, -0.05) is 0 Å². The minimum atomic E-state index is -0.585. The fraction of sp³-hybridized carbons (Fsp3) is 0.300. The van der Waals surface area contributed by atoms with Crippen LogP contribution in [0.5, 0.6) is 0 Å². The van der Waals surface area contributed by atoms with Crippen molar-refractivity contribution in [2.75, 3.05) is 13.2 Å². The summed E-state index contributed by atoms with van der Waals surface area (Å²) in [6, 6.07) is 3.85. The van der Waals surface area contributed by atoms with Crippen LogP contribution in [-0.4, -0.2) is 35.3 Å². The molecule has 1 saturated heterocycles. The van der Waals surface area contributed by atoms with Gasteiger partial charge in [-0.05, 0) is 79.9 Å². The van der Waals surface area contributed by atoms with Gasteiger partial charge in [0.2, 0.25) is 0 Å². The molecule has 0 aliphatic carbocycles. The van der Waals surface area contributed by atoms with E-state index >= 15 is 0 Å². The summed E-state index contributed by atoms with van der Waals surface area (Å²) >= 11 is 6.53. The van der Waals surface area contributed by atoms with Gasteiger partial charge in [-0.15, -0.1) is 0 Å². The van der Waals surface area contributed by atoms with E-state index in [4.69, 9.17) is 4.84 Å². The van der Waals surface area contributed by atoms with Gasteiger partial charge in [-0.2, -0.15) is 0 Å². The van der Waals surface area contributed by atoms with E-state index in [0.717, 1.165) is 10.7 Å². The first-order valence-electron chi connectivity index (χ1n) is 4.76. The number of rotatable bonds is 1. The molecular formula is C10H8I3NO3. The number of amides is 1. The van der Waals surface area contributed by atoms with Gasteiger partial charge in [0.25, 0.3) is 5.91 Å². The van der Waals surface area contributed by atoms with Gasteiger partial charge in [0.15, 0.2) is 0 Å². The number of hydrogen-bond acceptors (Lipinski definition) is 3. The molecule has 0 bridgehead atoms. The quantitative estimate of drug-likeness (QED) is 0.416. The van der Waals surface area contributed by atoms with Gasteiger partial charge >= 0.3 is 0 Å². The van der Waals surface area contributed by atoms with Crippen LogP contribution in [0.25, 0.3) is 0 Å². The normalized spacial score (nSPS) is 19.8. The van der Waals surface area contributed by atoms with E-state index in [0.29, 0.717) is 5.56 Å². The lowest BCUT2D eigenvalue weighted by molar-refractivity contribution is -0.0780. The van der Waals surface area contributed by atoms with Crippen LogP contribution in [-0.2, 0) is 4.84 Å². The Hall–Kier alpha value is 0.800. The van der Waals surface area contributed by atoms with Crippen molar-refractivity contribution in [2.24, 2.45) is 0 Å². The highest BCUT2D eigenvalue weighted by molar-refractivity contribution is 14.1. The van der Waals surface area contributed by atoms with Crippen LogP contribution in [0, 0.1) is 10.7 Å². The molecule has 0 spiro atoms. The van der Waals surface area contributed by atoms with Gasteiger partial charge in [0, 0.05) is 10.7 Å². The molecule has 7 heteroatoms. The van der Waals surface area contributed by atoms with Crippen molar-refractivity contribution in [3.63, 3.8) is 0 Å². The highest BCUT2D eigenvalue weighted by Gasteiger charge is 2.28. The molecule has 1 aliphatic rings. The van der Waals surface area contributed by atoms with Gasteiger partial charge in [0.1, 0.15) is 12.7 Å². The van der Waals surface area contributed by atoms with Crippen molar-refractivity contribution in [1.29, 1.82) is 0 Å². The van der Waals surface area contributed by atoms with Gasteiger partial charge < -0.3 is 5.11 Å². The first-order valence-corrected chi connectivity index (χ1v) is 8.00. The topological polar surface area (TPSA) is 49.8 Å². The molecule has 1 aliphatic heterocycles. The number of nitrogens with zero attached hydrogens (tertiary/aromatic N) is 1. The molecule has 1 heterocycles. The van der Waals surface area contributed by atoms with Crippen LogP contribution in [0.2, 0.25) is 0 Å². The largest absolute Gasteiger partial charge is 0.389 e. The number of hydrogen-bond donors (Lipinski definition) is 1. The van der Waals surface area contributed by atoms with Gasteiger partial charge in [-0.25, -0.2) is 5.06 Å². The molecule has 1 aromatic rings. The SMILES string of the molecule is O=C(c1cc(I)cc(I)c1I)N1C[C@@H](O)CO1. The zero-order valence-electron chi connectivity index (χ0n) is 8.49. The average Bonchev–Trinajstić information content (AvgIpc) is 2.69. The predicted molar refractivity (Wildman–Crippen MR) is 87.6 cm³/mol. The lowest BCUT2D eigenvalue weighted by Gasteiger charge is -2.15. The average molecular weight is 571 g/mol. The lowest BCUT2D eigenvalue weighted by Crippen LogP contribution is -2.29. The number of carbonyl (C=O) groups is 1. The van der Waals surface area contributed by atoms with Crippen molar-refractivity contribution in [3.8, 4) is 0 Å². The molecule has 0 aromatic heterocycles. The van der Waals surface area contributed by atoms with Crippen LogP contribution in [0.1, 0.15) is 10.4 Å². The minimum Gasteiger partial charge on any atom is -0.389 e. The fourth-order valence-electron chi connectivity index (χ4n) is 1.46. The molecule has 1 N–H and O–H groups in total. The lowest BCUT2D eigenvalue weighted by atomic mass is 10.2. The standard InChI is InChI=1S/C10H8I3NO3/c11-5-1-7(9(13)8(12)2-5)10(16)14-3-6(15)4-17-14/h1-2,6,15H,3-4H2/t6-/m1/s1. The third-order valence-electron chi connectivity index (χ3n) is 2.25. The summed E-state index contributed by atoms with van der Waals surface area (Å²) in [4.78, 5) is 17.3. The van der Waals surface area contributed by atoms with Gasteiger partial charge in [0.05, 0.1) is 12.1 Å². The Bertz CT molecular complexity index is 466. The summed E-state index contributed by atoms with van der Waals surface area (Å²) in [7, 11) is 0. The summed E-state index contributed by atoms with van der Waals surface area (Å²) in [5, 5.41) is 10.6. The second-order valence-corrected chi connectivity index (χ2v) is 7.05. The number of aliphatic hydroxyl groups excluding tert-OH is 1. The number of aliphatic hydroxyl groups is 1. The van der Waals surface area contributed by atoms with E-state index < -0.39 is 6.10 Å². The molecule has 1 fully saturated rings. The zero-order valence-corrected chi connectivity index (χ0v) is 15.0. The summed E-state index contributed by atoms with van der Waals surface area (Å²) in [5.41, 5.74) is 0.621. The monoisotopic (exact) mass is 571 g/mol. The summed E-state index contributed by atoms with van der Waals surface area (Å²) in [6.45, 7) is 0.417. The Balaban J connectivity index is 2.31. The van der Waals surface area contributed by atoms with E-state index in [-0.39, 0.29) is 19.1 Å². The maximum absolute atomic E-state index is 12.2. The van der Waals surface area contributed by atoms with E-state index in [9.17, 15) is 9.90 Å². The molecule has 17 heavy (non-hydrogen) atoms. The van der Waals surface area contributed by atoms with Crippen LogP contribution < -0.4 is 0 Å². The van der Waals surface area contributed by atoms with E-state index in [1.165, 1.54) is 5.06 Å².